The van der Waals surface area contributed by atoms with Gasteiger partial charge in [-0.15, -0.1) is 5.10 Å². The maximum Gasteiger partial charge on any atom is 0.378 e. The van der Waals surface area contributed by atoms with Crippen molar-refractivity contribution in [2.24, 2.45) is 0 Å². The number of ketones is 1. The topological polar surface area (TPSA) is 86.5 Å². The second kappa shape index (κ2) is 6.48. The van der Waals surface area contributed by atoms with Crippen LogP contribution in [0.4, 0.5) is 0 Å². The Bertz CT molecular complexity index is 952. The van der Waals surface area contributed by atoms with Gasteiger partial charge in [0.2, 0.25) is 0 Å². The molecule has 0 saturated carbocycles. The lowest BCUT2D eigenvalue weighted by atomic mass is 10.1. The average molecular weight is 389 g/mol. The first-order chi connectivity index (χ1) is 11.4. The summed E-state index contributed by atoms with van der Waals surface area (Å²) < 4.78 is 7.25. The second-order valence-corrected chi connectivity index (χ2v) is 6.11. The molecule has 2 heterocycles. The van der Waals surface area contributed by atoms with Crippen molar-refractivity contribution in [1.29, 1.82) is 0 Å². The minimum Gasteiger partial charge on any atom is -0.451 e. The van der Waals surface area contributed by atoms with Gasteiger partial charge in [-0.1, -0.05) is 28.1 Å². The molecule has 0 atom stereocenters. The van der Waals surface area contributed by atoms with Crippen LogP contribution in [0.25, 0.3) is 5.78 Å². The first-order valence-corrected chi connectivity index (χ1v) is 7.90. The Morgan fingerprint density at radius 2 is 2.00 bits per heavy atom. The molecule has 3 aromatic rings. The van der Waals surface area contributed by atoms with Crippen LogP contribution in [0, 0.1) is 13.8 Å². The third-order valence-electron chi connectivity index (χ3n) is 3.28. The van der Waals surface area contributed by atoms with Gasteiger partial charge in [0.05, 0.1) is 0 Å². The van der Waals surface area contributed by atoms with Crippen molar-refractivity contribution in [3.63, 3.8) is 0 Å². The predicted molar refractivity (Wildman–Crippen MR) is 89.0 cm³/mol. The number of esters is 1. The van der Waals surface area contributed by atoms with Gasteiger partial charge in [0.25, 0.3) is 11.6 Å². The van der Waals surface area contributed by atoms with Crippen LogP contribution < -0.4 is 0 Å². The van der Waals surface area contributed by atoms with Crippen LogP contribution in [0.3, 0.4) is 0 Å². The van der Waals surface area contributed by atoms with E-state index < -0.39 is 5.97 Å². The van der Waals surface area contributed by atoms with Crippen molar-refractivity contribution < 1.29 is 14.3 Å². The summed E-state index contributed by atoms with van der Waals surface area (Å²) in [6, 6.07) is 8.68. The van der Waals surface area contributed by atoms with Crippen molar-refractivity contribution in [3.8, 4) is 0 Å². The maximum absolute atomic E-state index is 12.1. The molecule has 24 heavy (non-hydrogen) atoms. The molecule has 0 aliphatic heterocycles. The van der Waals surface area contributed by atoms with E-state index in [-0.39, 0.29) is 18.2 Å². The van der Waals surface area contributed by atoms with Crippen LogP contribution in [0.5, 0.6) is 0 Å². The van der Waals surface area contributed by atoms with E-state index >= 15 is 0 Å². The first-order valence-electron chi connectivity index (χ1n) is 7.11. The van der Waals surface area contributed by atoms with Gasteiger partial charge in [-0.05, 0) is 32.0 Å². The molecule has 2 aromatic heterocycles. The molecule has 7 nitrogen and oxygen atoms in total. The zero-order valence-corrected chi connectivity index (χ0v) is 14.6. The van der Waals surface area contributed by atoms with Crippen molar-refractivity contribution in [3.05, 3.63) is 57.6 Å². The smallest absolute Gasteiger partial charge is 0.378 e. The van der Waals surface area contributed by atoms with Gasteiger partial charge < -0.3 is 4.74 Å². The van der Waals surface area contributed by atoms with E-state index in [1.807, 2.05) is 19.9 Å². The Balaban J connectivity index is 1.73. The molecule has 0 fully saturated rings. The zero-order valence-electron chi connectivity index (χ0n) is 13.0. The van der Waals surface area contributed by atoms with E-state index in [0.717, 1.165) is 15.9 Å². The molecule has 0 bridgehead atoms. The third-order valence-corrected chi connectivity index (χ3v) is 3.78. The molecule has 0 aliphatic rings. The van der Waals surface area contributed by atoms with Gasteiger partial charge in [-0.2, -0.15) is 4.98 Å². The Morgan fingerprint density at radius 1 is 1.21 bits per heavy atom. The Hall–Kier alpha value is -2.61. The molecule has 3 rings (SSSR count). The fraction of sp³-hybridized carbons (Fsp3) is 0.188. The van der Waals surface area contributed by atoms with Crippen molar-refractivity contribution >= 4 is 33.5 Å². The summed E-state index contributed by atoms with van der Waals surface area (Å²) in [5.41, 5.74) is 2.03. The van der Waals surface area contributed by atoms with Crippen molar-refractivity contribution in [2.45, 2.75) is 13.8 Å². The van der Waals surface area contributed by atoms with E-state index in [9.17, 15) is 9.59 Å². The van der Waals surface area contributed by atoms with Gasteiger partial charge in [-0.25, -0.2) is 14.3 Å². The Labute approximate surface area is 145 Å². The molecule has 8 heteroatoms. The number of aryl methyl sites for hydroxylation is 2. The van der Waals surface area contributed by atoms with E-state index in [1.165, 1.54) is 4.52 Å². The summed E-state index contributed by atoms with van der Waals surface area (Å²) in [7, 11) is 0. The summed E-state index contributed by atoms with van der Waals surface area (Å²) in [6.07, 6.45) is 0. The standard InChI is InChI=1S/C16H13BrN4O3/c1-9-6-10(2)21-16(18-9)19-14(20-21)15(23)24-8-13(22)11-4-3-5-12(17)7-11/h3-7H,8H2,1-2H3. The molecule has 0 spiro atoms. The third kappa shape index (κ3) is 3.33. The number of aromatic nitrogens is 4. The zero-order chi connectivity index (χ0) is 17.3. The normalized spacial score (nSPS) is 10.8. The minimum atomic E-state index is -0.763. The number of hydrogen-bond acceptors (Lipinski definition) is 6. The SMILES string of the molecule is Cc1cc(C)n2nc(C(=O)OCC(=O)c3cccc(Br)c3)nc2n1. The van der Waals surface area contributed by atoms with Gasteiger partial charge in [0, 0.05) is 21.4 Å². The highest BCUT2D eigenvalue weighted by Gasteiger charge is 2.18. The molecule has 122 valence electrons. The first kappa shape index (κ1) is 16.3. The molecule has 0 saturated heterocycles. The fourth-order valence-corrected chi connectivity index (χ4v) is 2.59. The molecular formula is C16H13BrN4O3. The number of rotatable bonds is 4. The van der Waals surface area contributed by atoms with Crippen LogP contribution in [0.15, 0.2) is 34.8 Å². The molecule has 0 radical (unpaired) electrons. The summed E-state index contributed by atoms with van der Waals surface area (Å²) in [5.74, 6) is -0.879. The summed E-state index contributed by atoms with van der Waals surface area (Å²) >= 11 is 3.29. The number of nitrogens with zero attached hydrogens (tertiary/aromatic N) is 4. The molecule has 0 amide bonds. The van der Waals surface area contributed by atoms with E-state index in [1.54, 1.807) is 24.3 Å². The van der Waals surface area contributed by atoms with Gasteiger partial charge in [-0.3, -0.25) is 4.79 Å². The van der Waals surface area contributed by atoms with Crippen molar-refractivity contribution in [1.82, 2.24) is 19.6 Å². The lowest BCUT2D eigenvalue weighted by Gasteiger charge is -2.02. The Kier molecular flexibility index (Phi) is 4.39. The summed E-state index contributed by atoms with van der Waals surface area (Å²) in [6.45, 7) is 3.29. The van der Waals surface area contributed by atoms with E-state index in [2.05, 4.69) is 31.0 Å². The quantitative estimate of drug-likeness (QED) is 0.504. The molecular weight excluding hydrogens is 376 g/mol. The summed E-state index contributed by atoms with van der Waals surface area (Å²) in [4.78, 5) is 32.4. The molecule has 0 aliphatic carbocycles. The number of carbonyl (C=O) groups is 2. The van der Waals surface area contributed by atoms with Crippen LogP contribution in [0.1, 0.15) is 32.4 Å². The lowest BCUT2D eigenvalue weighted by Crippen LogP contribution is -2.15. The highest BCUT2D eigenvalue weighted by atomic mass is 79.9. The average Bonchev–Trinajstić information content (AvgIpc) is 2.96. The van der Waals surface area contributed by atoms with Crippen molar-refractivity contribution in [2.75, 3.05) is 6.61 Å². The molecule has 1 aromatic carbocycles. The second-order valence-electron chi connectivity index (χ2n) is 5.20. The number of halogens is 1. The molecule has 0 unspecified atom stereocenters. The van der Waals surface area contributed by atoms with Gasteiger partial charge in [0.1, 0.15) is 0 Å². The number of carbonyl (C=O) groups excluding carboxylic acids is 2. The number of fused-ring (bicyclic) bond motifs is 1. The largest absolute Gasteiger partial charge is 0.451 e. The highest BCUT2D eigenvalue weighted by molar-refractivity contribution is 9.10. The van der Waals surface area contributed by atoms with Gasteiger partial charge in [0.15, 0.2) is 12.4 Å². The van der Waals surface area contributed by atoms with Crippen LogP contribution >= 0.6 is 15.9 Å². The lowest BCUT2D eigenvalue weighted by molar-refractivity contribution is 0.0463. The predicted octanol–water partition coefficient (Wildman–Crippen LogP) is 2.54. The fourth-order valence-electron chi connectivity index (χ4n) is 2.19. The van der Waals surface area contributed by atoms with E-state index in [0.29, 0.717) is 11.3 Å². The highest BCUT2D eigenvalue weighted by Crippen LogP contribution is 2.12. The van der Waals surface area contributed by atoms with Gasteiger partial charge >= 0.3 is 5.97 Å². The van der Waals surface area contributed by atoms with E-state index in [4.69, 9.17) is 4.74 Å². The Morgan fingerprint density at radius 3 is 2.75 bits per heavy atom. The number of ether oxygens (including phenoxy) is 1. The van der Waals surface area contributed by atoms with Crippen LogP contribution in [-0.4, -0.2) is 37.9 Å². The van der Waals surface area contributed by atoms with Crippen LogP contribution in [0.2, 0.25) is 0 Å². The number of Topliss-reactive ketones (excluding diaryl/α,β-unsaturated/α-hetero) is 1. The van der Waals surface area contributed by atoms with Crippen LogP contribution in [-0.2, 0) is 4.74 Å². The maximum atomic E-state index is 12.1. The number of hydrogen-bond donors (Lipinski definition) is 0. The molecule has 0 N–H and O–H groups in total. The number of benzene rings is 1. The minimum absolute atomic E-state index is 0.127. The summed E-state index contributed by atoms with van der Waals surface area (Å²) in [5, 5.41) is 4.07. The monoisotopic (exact) mass is 388 g/mol.